The molecule has 3 aromatic carbocycles. The fourth-order valence-corrected chi connectivity index (χ4v) is 6.02. The number of ether oxygens (including phenoxy) is 1. The summed E-state index contributed by atoms with van der Waals surface area (Å²) in [4.78, 5) is 34.0. The monoisotopic (exact) mass is 672 g/mol. The Morgan fingerprint density at radius 1 is 0.776 bits per heavy atom. The van der Waals surface area contributed by atoms with Gasteiger partial charge in [-0.3, -0.25) is 4.98 Å². The number of anilines is 1. The molecule has 0 unspecified atom stereocenters. The molecule has 7 nitrogen and oxygen atoms in total. The summed E-state index contributed by atoms with van der Waals surface area (Å²) in [7, 11) is 0. The van der Waals surface area contributed by atoms with E-state index >= 15 is 0 Å². The first-order valence-electron chi connectivity index (χ1n) is 16.6. The van der Waals surface area contributed by atoms with Gasteiger partial charge >= 0.3 is 18.3 Å². The van der Waals surface area contributed by atoms with Gasteiger partial charge in [-0.15, -0.1) is 0 Å². The van der Waals surface area contributed by atoms with Crippen LogP contribution in [0.1, 0.15) is 75.1 Å². The summed E-state index contributed by atoms with van der Waals surface area (Å²) >= 11 is 0. The largest absolute Gasteiger partial charge is 0.444 e. The molecule has 0 saturated heterocycles. The van der Waals surface area contributed by atoms with Crippen LogP contribution in [0.5, 0.6) is 0 Å². The van der Waals surface area contributed by atoms with Crippen LogP contribution in [0.3, 0.4) is 0 Å². The van der Waals surface area contributed by atoms with Crippen LogP contribution in [0.25, 0.3) is 11.1 Å². The number of pyridine rings is 1. The molecule has 0 atom stereocenters. The second-order valence-electron chi connectivity index (χ2n) is 13.5. The second-order valence-corrected chi connectivity index (χ2v) is 13.5. The Morgan fingerprint density at radius 2 is 1.37 bits per heavy atom. The van der Waals surface area contributed by atoms with Crippen LogP contribution in [0.4, 0.5) is 28.4 Å². The van der Waals surface area contributed by atoms with E-state index in [1.807, 2.05) is 80.3 Å². The molecule has 1 aliphatic carbocycles. The number of nitrogens with zero attached hydrogens (tertiary/aromatic N) is 3. The number of nitrogens with one attached hydrogen (secondary N) is 1. The first-order valence-corrected chi connectivity index (χ1v) is 16.6. The Hall–Kier alpha value is -4.86. The number of halogens is 3. The van der Waals surface area contributed by atoms with Crippen molar-refractivity contribution < 1.29 is 27.5 Å². The van der Waals surface area contributed by atoms with Gasteiger partial charge in [-0.1, -0.05) is 86.0 Å². The Bertz CT molecular complexity index is 1680. The number of aromatic nitrogens is 1. The number of hydrogen-bond acceptors (Lipinski definition) is 4. The highest BCUT2D eigenvalue weighted by Crippen LogP contribution is 2.35. The molecule has 10 heteroatoms. The Morgan fingerprint density at radius 3 is 1.94 bits per heavy atom. The number of carbonyl (C=O) groups is 2. The van der Waals surface area contributed by atoms with Crippen molar-refractivity contribution in [3.63, 3.8) is 0 Å². The number of urea groups is 1. The van der Waals surface area contributed by atoms with Gasteiger partial charge in [-0.05, 0) is 79.6 Å². The van der Waals surface area contributed by atoms with Gasteiger partial charge in [0.1, 0.15) is 5.60 Å². The number of benzene rings is 3. The summed E-state index contributed by atoms with van der Waals surface area (Å²) < 4.78 is 46.6. The molecule has 1 fully saturated rings. The van der Waals surface area contributed by atoms with Gasteiger partial charge in [-0.2, -0.15) is 13.2 Å². The van der Waals surface area contributed by atoms with E-state index in [9.17, 15) is 22.8 Å². The van der Waals surface area contributed by atoms with Gasteiger partial charge in [0.25, 0.3) is 0 Å². The van der Waals surface area contributed by atoms with Crippen LogP contribution < -0.4 is 5.32 Å². The highest BCUT2D eigenvalue weighted by atomic mass is 19.4. The Kier molecular flexibility index (Phi) is 11.3. The van der Waals surface area contributed by atoms with Gasteiger partial charge in [0.05, 0.1) is 11.3 Å². The third-order valence-electron chi connectivity index (χ3n) is 8.47. The van der Waals surface area contributed by atoms with E-state index in [0.717, 1.165) is 59.6 Å². The van der Waals surface area contributed by atoms with Crippen molar-refractivity contribution in [1.29, 1.82) is 0 Å². The maximum absolute atomic E-state index is 13.6. The minimum atomic E-state index is -4.61. The summed E-state index contributed by atoms with van der Waals surface area (Å²) in [6, 6.07) is 23.8. The lowest BCUT2D eigenvalue weighted by Crippen LogP contribution is -2.43. The van der Waals surface area contributed by atoms with Gasteiger partial charge in [0.15, 0.2) is 0 Å². The lowest BCUT2D eigenvalue weighted by Gasteiger charge is -2.35. The zero-order valence-corrected chi connectivity index (χ0v) is 28.2. The number of carbonyl (C=O) groups excluding carboxylic acids is 2. The van der Waals surface area contributed by atoms with Crippen molar-refractivity contribution >= 4 is 17.8 Å². The molecule has 1 saturated carbocycles. The van der Waals surface area contributed by atoms with Crippen molar-refractivity contribution in [3.8, 4) is 11.1 Å². The molecule has 0 radical (unpaired) electrons. The standard InChI is InChI=1S/C39H43F3N4O3/c1-38(2,3)49-37(48)46(33-11-5-4-6-12-33)27-29-17-21-32(22-18-29)31-19-15-28(16-20-31)25-45(26-30-10-9-23-43-24-30)36(47)44-35-14-8-7-13-34(35)39(40,41)42/h7-10,13-24,33H,4-6,11-12,25-27H2,1-3H3,(H,44,47). The van der Waals surface area contributed by atoms with Crippen molar-refractivity contribution in [3.05, 3.63) is 120 Å². The third-order valence-corrected chi connectivity index (χ3v) is 8.47. The van der Waals surface area contributed by atoms with Crippen molar-refractivity contribution in [2.75, 3.05) is 5.32 Å². The summed E-state index contributed by atoms with van der Waals surface area (Å²) in [6.45, 7) is 6.44. The van der Waals surface area contributed by atoms with E-state index in [4.69, 9.17) is 4.74 Å². The normalized spacial score (nSPS) is 13.8. The van der Waals surface area contributed by atoms with E-state index in [2.05, 4.69) is 10.3 Å². The summed E-state index contributed by atoms with van der Waals surface area (Å²) in [6.07, 6.45) is 3.71. The number of rotatable bonds is 9. The molecule has 0 aliphatic heterocycles. The molecular weight excluding hydrogens is 629 g/mol. The number of amides is 3. The molecule has 1 aliphatic rings. The van der Waals surface area contributed by atoms with Crippen LogP contribution in [-0.2, 0) is 30.5 Å². The predicted octanol–water partition coefficient (Wildman–Crippen LogP) is 10.1. The fourth-order valence-electron chi connectivity index (χ4n) is 6.02. The summed E-state index contributed by atoms with van der Waals surface area (Å²) in [5, 5.41) is 2.47. The summed E-state index contributed by atoms with van der Waals surface area (Å²) in [5.74, 6) is 0. The molecule has 49 heavy (non-hydrogen) atoms. The van der Waals surface area contributed by atoms with Gasteiger partial charge < -0.3 is 19.9 Å². The minimum absolute atomic E-state index is 0.151. The van der Waals surface area contributed by atoms with Crippen LogP contribution in [-0.4, -0.2) is 38.6 Å². The molecule has 3 amide bonds. The van der Waals surface area contributed by atoms with E-state index in [1.165, 1.54) is 29.5 Å². The topological polar surface area (TPSA) is 74.8 Å². The molecule has 1 heterocycles. The quantitative estimate of drug-likeness (QED) is 0.192. The second kappa shape index (κ2) is 15.6. The Balaban J connectivity index is 1.29. The van der Waals surface area contributed by atoms with E-state index in [0.29, 0.717) is 6.54 Å². The van der Waals surface area contributed by atoms with Crippen molar-refractivity contribution in [2.45, 2.75) is 90.3 Å². The van der Waals surface area contributed by atoms with Gasteiger partial charge in [-0.25, -0.2) is 9.59 Å². The lowest BCUT2D eigenvalue weighted by molar-refractivity contribution is -0.136. The van der Waals surface area contributed by atoms with Crippen LogP contribution in [0, 0.1) is 0 Å². The maximum Gasteiger partial charge on any atom is 0.418 e. The first-order chi connectivity index (χ1) is 23.4. The fraction of sp³-hybridized carbons (Fsp3) is 0.359. The minimum Gasteiger partial charge on any atom is -0.444 e. The van der Waals surface area contributed by atoms with Crippen LogP contribution in [0.2, 0.25) is 0 Å². The lowest BCUT2D eigenvalue weighted by atomic mass is 9.94. The van der Waals surface area contributed by atoms with Crippen LogP contribution >= 0.6 is 0 Å². The van der Waals surface area contributed by atoms with E-state index < -0.39 is 23.4 Å². The summed E-state index contributed by atoms with van der Waals surface area (Å²) in [5.41, 5.74) is 2.74. The molecule has 1 aromatic heterocycles. The molecular formula is C39H43F3N4O3. The van der Waals surface area contributed by atoms with Crippen molar-refractivity contribution in [1.82, 2.24) is 14.8 Å². The average Bonchev–Trinajstić information content (AvgIpc) is 3.07. The number of para-hydroxylation sites is 1. The number of alkyl halides is 3. The predicted molar refractivity (Wildman–Crippen MR) is 184 cm³/mol. The number of hydrogen-bond donors (Lipinski definition) is 1. The maximum atomic E-state index is 13.6. The average molecular weight is 673 g/mol. The molecule has 4 aromatic rings. The van der Waals surface area contributed by atoms with Gasteiger partial charge in [0, 0.05) is 38.1 Å². The highest BCUT2D eigenvalue weighted by molar-refractivity contribution is 5.90. The molecule has 5 rings (SSSR count). The molecule has 0 bridgehead atoms. The zero-order valence-electron chi connectivity index (χ0n) is 28.2. The first kappa shape index (κ1) is 35.4. The van der Waals surface area contributed by atoms with E-state index in [-0.39, 0.29) is 30.9 Å². The van der Waals surface area contributed by atoms with E-state index in [1.54, 1.807) is 18.5 Å². The third kappa shape index (κ3) is 10.1. The SMILES string of the molecule is CC(C)(C)OC(=O)N(Cc1ccc(-c2ccc(CN(Cc3cccnc3)C(=O)Nc3ccccc3C(F)(F)F)cc2)cc1)C1CCCCC1. The van der Waals surface area contributed by atoms with Crippen molar-refractivity contribution in [2.24, 2.45) is 0 Å². The highest BCUT2D eigenvalue weighted by Gasteiger charge is 2.34. The molecule has 0 spiro atoms. The molecule has 258 valence electrons. The zero-order chi connectivity index (χ0) is 35.0. The molecule has 1 N–H and O–H groups in total. The van der Waals surface area contributed by atoms with Crippen LogP contribution in [0.15, 0.2) is 97.3 Å². The Labute approximate surface area is 286 Å². The smallest absolute Gasteiger partial charge is 0.418 e. The van der Waals surface area contributed by atoms with Gasteiger partial charge in [0.2, 0.25) is 0 Å².